The highest BCUT2D eigenvalue weighted by atomic mass is 79.9. The minimum absolute atomic E-state index is 0.0405. The number of nitrogens with one attached hydrogen (secondary N) is 2. The third kappa shape index (κ3) is 3.99. The van der Waals surface area contributed by atoms with Crippen molar-refractivity contribution in [2.45, 2.75) is 17.7 Å². The van der Waals surface area contributed by atoms with Gasteiger partial charge in [0.2, 0.25) is 10.0 Å². The van der Waals surface area contributed by atoms with Gasteiger partial charge in [-0.25, -0.2) is 22.5 Å². The first-order valence-electron chi connectivity index (χ1n) is 5.98. The predicted octanol–water partition coefficient (Wildman–Crippen LogP) is 1.20. The number of anilines is 1. The Labute approximate surface area is 129 Å². The van der Waals surface area contributed by atoms with Crippen molar-refractivity contribution < 1.29 is 12.8 Å². The maximum Gasteiger partial charge on any atom is 0.242 e. The number of nitrogens with zero attached hydrogens (tertiary/aromatic N) is 2. The molecule has 7 nitrogen and oxygen atoms in total. The van der Waals surface area contributed by atoms with Crippen molar-refractivity contribution in [2.24, 2.45) is 0 Å². The van der Waals surface area contributed by atoms with Gasteiger partial charge >= 0.3 is 0 Å². The molecule has 1 heterocycles. The highest BCUT2D eigenvalue weighted by Crippen LogP contribution is 2.25. The molecule has 2 rings (SSSR count). The lowest BCUT2D eigenvalue weighted by Crippen LogP contribution is -2.26. The first-order chi connectivity index (χ1) is 9.90. The van der Waals surface area contributed by atoms with Gasteiger partial charge in [-0.05, 0) is 34.5 Å². The van der Waals surface area contributed by atoms with Crippen molar-refractivity contribution in [3.8, 4) is 0 Å². The third-order valence-corrected chi connectivity index (χ3v) is 4.81. The minimum Gasteiger partial charge on any atom is -0.398 e. The zero-order valence-corrected chi connectivity index (χ0v) is 13.2. The number of nitrogens with two attached hydrogens (primary N) is 1. The molecule has 0 amide bonds. The summed E-state index contributed by atoms with van der Waals surface area (Å²) in [6.07, 6.45) is 2.48. The lowest BCUT2D eigenvalue weighted by Gasteiger charge is -2.09. The molecular formula is C11H13BrFN5O2S. The molecule has 0 aliphatic carbocycles. The number of benzene rings is 1. The summed E-state index contributed by atoms with van der Waals surface area (Å²) in [7, 11) is -3.79. The normalized spacial score (nSPS) is 11.7. The molecule has 0 aliphatic heterocycles. The first-order valence-corrected chi connectivity index (χ1v) is 8.26. The van der Waals surface area contributed by atoms with E-state index in [-0.39, 0.29) is 21.6 Å². The molecule has 0 radical (unpaired) electrons. The predicted molar refractivity (Wildman–Crippen MR) is 78.4 cm³/mol. The molecule has 0 unspecified atom stereocenters. The van der Waals surface area contributed by atoms with Crippen molar-refractivity contribution >= 4 is 31.6 Å². The number of rotatable bonds is 6. The fourth-order valence-electron chi connectivity index (χ4n) is 1.67. The van der Waals surface area contributed by atoms with Gasteiger partial charge in [0.05, 0.1) is 10.2 Å². The summed E-state index contributed by atoms with van der Waals surface area (Å²) in [6, 6.07) is 2.11. The minimum atomic E-state index is -3.79. The van der Waals surface area contributed by atoms with Crippen molar-refractivity contribution in [2.75, 3.05) is 12.3 Å². The largest absolute Gasteiger partial charge is 0.398 e. The molecule has 0 saturated heterocycles. The molecule has 1 aromatic carbocycles. The highest BCUT2D eigenvalue weighted by molar-refractivity contribution is 9.10. The zero-order chi connectivity index (χ0) is 15.5. The number of hydrogen-bond acceptors (Lipinski definition) is 5. The van der Waals surface area contributed by atoms with Crippen molar-refractivity contribution in [3.05, 3.63) is 34.6 Å². The summed E-state index contributed by atoms with van der Waals surface area (Å²) in [5, 5.41) is 6.38. The van der Waals surface area contributed by atoms with Gasteiger partial charge in [0, 0.05) is 13.0 Å². The number of aromatic amines is 1. The molecule has 0 atom stereocenters. The van der Waals surface area contributed by atoms with Crippen LogP contribution in [0.1, 0.15) is 12.2 Å². The molecule has 1 aromatic heterocycles. The van der Waals surface area contributed by atoms with Crippen LogP contribution in [0.2, 0.25) is 0 Å². The zero-order valence-electron chi connectivity index (χ0n) is 10.8. The van der Waals surface area contributed by atoms with Crippen LogP contribution in [-0.2, 0) is 16.4 Å². The summed E-state index contributed by atoms with van der Waals surface area (Å²) in [5.74, 6) is 0.0648. The van der Waals surface area contributed by atoms with E-state index in [0.29, 0.717) is 18.7 Å². The topological polar surface area (TPSA) is 114 Å². The van der Waals surface area contributed by atoms with Crippen molar-refractivity contribution in [3.63, 3.8) is 0 Å². The fraction of sp³-hybridized carbons (Fsp3) is 0.273. The summed E-state index contributed by atoms with van der Waals surface area (Å²) in [4.78, 5) is 3.78. The van der Waals surface area contributed by atoms with Crippen LogP contribution in [0.3, 0.4) is 0 Å². The SMILES string of the molecule is Nc1cc(F)c(Br)cc1S(=O)(=O)NCCCc1ncn[nH]1. The number of halogens is 2. The van der Waals surface area contributed by atoms with E-state index < -0.39 is 15.8 Å². The van der Waals surface area contributed by atoms with E-state index in [1.54, 1.807) is 0 Å². The maximum absolute atomic E-state index is 13.3. The molecule has 0 spiro atoms. The number of nitrogen functional groups attached to an aromatic ring is 1. The Balaban J connectivity index is 2.00. The number of aromatic nitrogens is 3. The summed E-state index contributed by atoms with van der Waals surface area (Å²) < 4.78 is 39.9. The van der Waals surface area contributed by atoms with Crippen molar-refractivity contribution in [1.29, 1.82) is 0 Å². The number of hydrogen-bond donors (Lipinski definition) is 3. The fourth-order valence-corrected chi connectivity index (χ4v) is 3.37. The smallest absolute Gasteiger partial charge is 0.242 e. The van der Waals surface area contributed by atoms with E-state index in [0.717, 1.165) is 12.1 Å². The van der Waals surface area contributed by atoms with Crippen LogP contribution in [0.25, 0.3) is 0 Å². The van der Waals surface area contributed by atoms with Gasteiger partial charge in [-0.15, -0.1) is 0 Å². The quantitative estimate of drug-likeness (QED) is 0.516. The monoisotopic (exact) mass is 377 g/mol. The van der Waals surface area contributed by atoms with Gasteiger partial charge in [-0.1, -0.05) is 0 Å². The molecule has 2 aromatic rings. The van der Waals surface area contributed by atoms with Gasteiger partial charge in [-0.3, -0.25) is 5.10 Å². The molecular weight excluding hydrogens is 365 g/mol. The van der Waals surface area contributed by atoms with E-state index in [2.05, 4.69) is 35.8 Å². The average molecular weight is 378 g/mol. The van der Waals surface area contributed by atoms with E-state index in [1.165, 1.54) is 6.33 Å². The van der Waals surface area contributed by atoms with Crippen LogP contribution < -0.4 is 10.5 Å². The van der Waals surface area contributed by atoms with Crippen LogP contribution in [0.15, 0.2) is 27.8 Å². The lowest BCUT2D eigenvalue weighted by molar-refractivity contribution is 0.577. The molecule has 4 N–H and O–H groups in total. The Morgan fingerprint density at radius 3 is 2.86 bits per heavy atom. The average Bonchev–Trinajstić information content (AvgIpc) is 2.92. The molecule has 0 bridgehead atoms. The molecule has 114 valence electrons. The second kappa shape index (κ2) is 6.50. The molecule has 0 aliphatic rings. The van der Waals surface area contributed by atoms with E-state index in [4.69, 9.17) is 5.73 Å². The number of H-pyrrole nitrogens is 1. The maximum atomic E-state index is 13.3. The van der Waals surface area contributed by atoms with Crippen LogP contribution in [0, 0.1) is 5.82 Å². The summed E-state index contributed by atoms with van der Waals surface area (Å²) in [6.45, 7) is 0.206. The number of aryl methyl sites for hydroxylation is 1. The molecule has 10 heteroatoms. The lowest BCUT2D eigenvalue weighted by atomic mass is 10.3. The van der Waals surface area contributed by atoms with Crippen molar-refractivity contribution in [1.82, 2.24) is 19.9 Å². The van der Waals surface area contributed by atoms with Gasteiger partial charge in [0.25, 0.3) is 0 Å². The van der Waals surface area contributed by atoms with E-state index in [9.17, 15) is 12.8 Å². The van der Waals surface area contributed by atoms with Crippen LogP contribution >= 0.6 is 15.9 Å². The van der Waals surface area contributed by atoms with Gasteiger partial charge in [0.1, 0.15) is 22.9 Å². The van der Waals surface area contributed by atoms with E-state index >= 15 is 0 Å². The Hall–Kier alpha value is -1.52. The molecule has 0 saturated carbocycles. The van der Waals surface area contributed by atoms with E-state index in [1.807, 2.05) is 0 Å². The van der Waals surface area contributed by atoms with Crippen LogP contribution in [-0.4, -0.2) is 30.1 Å². The Morgan fingerprint density at radius 1 is 1.43 bits per heavy atom. The Kier molecular flexibility index (Phi) is 4.91. The highest BCUT2D eigenvalue weighted by Gasteiger charge is 2.19. The van der Waals surface area contributed by atoms with Crippen LogP contribution in [0.4, 0.5) is 10.1 Å². The summed E-state index contributed by atoms with van der Waals surface area (Å²) in [5.41, 5.74) is 5.41. The Bertz CT molecular complexity index is 720. The van der Waals surface area contributed by atoms with Gasteiger partial charge in [0.15, 0.2) is 0 Å². The summed E-state index contributed by atoms with van der Waals surface area (Å²) >= 11 is 2.94. The molecule has 0 fully saturated rings. The molecule has 21 heavy (non-hydrogen) atoms. The van der Waals surface area contributed by atoms with Crippen LogP contribution in [0.5, 0.6) is 0 Å². The van der Waals surface area contributed by atoms with Gasteiger partial charge < -0.3 is 5.73 Å². The second-order valence-electron chi connectivity index (χ2n) is 4.24. The second-order valence-corrected chi connectivity index (χ2v) is 6.83. The number of sulfonamides is 1. The third-order valence-electron chi connectivity index (χ3n) is 2.69. The Morgan fingerprint density at radius 2 is 2.19 bits per heavy atom. The standard InChI is InChI=1S/C11H13BrFN5O2S/c12-7-4-10(9(14)5-8(7)13)21(19,20)17-3-1-2-11-15-6-16-18-11/h4-6,17H,1-3,14H2,(H,15,16,18). The first kappa shape index (κ1) is 15.9. The van der Waals surface area contributed by atoms with Gasteiger partial charge in [-0.2, -0.15) is 5.10 Å².